The molecule has 18 heavy (non-hydrogen) atoms. The van der Waals surface area contributed by atoms with Gasteiger partial charge in [0.25, 0.3) is 0 Å². The molecule has 0 bridgehead atoms. The highest BCUT2D eigenvalue weighted by Crippen LogP contribution is 2.22. The maximum Gasteiger partial charge on any atom is 0.416 e. The topological polar surface area (TPSA) is 47.4 Å². The van der Waals surface area contributed by atoms with Crippen molar-refractivity contribution < 1.29 is 9.53 Å². The van der Waals surface area contributed by atoms with E-state index in [9.17, 15) is 4.79 Å². The van der Waals surface area contributed by atoms with Crippen LogP contribution in [-0.2, 0) is 5.54 Å². The van der Waals surface area contributed by atoms with Gasteiger partial charge in [-0.15, -0.1) is 0 Å². The van der Waals surface area contributed by atoms with Crippen LogP contribution in [0.25, 0.3) is 0 Å². The number of piperidine rings is 1. The van der Waals surface area contributed by atoms with Gasteiger partial charge >= 0.3 is 6.09 Å². The lowest BCUT2D eigenvalue weighted by molar-refractivity contribution is 0.137. The SMILES string of the molecule is CC(C)(C)n1cncc1OC(=O)N1CCCCC1. The van der Waals surface area contributed by atoms with Gasteiger partial charge in [0, 0.05) is 18.6 Å². The molecule has 1 aromatic heterocycles. The van der Waals surface area contributed by atoms with Gasteiger partial charge in [-0.3, -0.25) is 4.57 Å². The quantitative estimate of drug-likeness (QED) is 0.770. The van der Waals surface area contributed by atoms with Crippen LogP contribution in [-0.4, -0.2) is 33.6 Å². The molecule has 0 unspecified atom stereocenters. The Balaban J connectivity index is 2.05. The summed E-state index contributed by atoms with van der Waals surface area (Å²) in [5.74, 6) is 0.512. The highest BCUT2D eigenvalue weighted by molar-refractivity contribution is 5.70. The van der Waals surface area contributed by atoms with E-state index in [-0.39, 0.29) is 11.6 Å². The molecule has 0 spiro atoms. The minimum absolute atomic E-state index is 0.145. The van der Waals surface area contributed by atoms with E-state index < -0.39 is 0 Å². The smallest absolute Gasteiger partial charge is 0.391 e. The lowest BCUT2D eigenvalue weighted by atomic mass is 10.1. The van der Waals surface area contributed by atoms with Crippen molar-refractivity contribution in [2.75, 3.05) is 13.1 Å². The molecule has 0 N–H and O–H groups in total. The maximum absolute atomic E-state index is 12.0. The molecule has 1 saturated heterocycles. The minimum Gasteiger partial charge on any atom is -0.391 e. The molecular formula is C13H21N3O2. The second-order valence-electron chi connectivity index (χ2n) is 5.69. The third-order valence-corrected chi connectivity index (χ3v) is 3.13. The highest BCUT2D eigenvalue weighted by atomic mass is 16.6. The van der Waals surface area contributed by atoms with Gasteiger partial charge in [0.1, 0.15) is 0 Å². The van der Waals surface area contributed by atoms with Crippen LogP contribution in [0.2, 0.25) is 0 Å². The fourth-order valence-corrected chi connectivity index (χ4v) is 2.09. The second kappa shape index (κ2) is 5.00. The van der Waals surface area contributed by atoms with E-state index in [1.54, 1.807) is 17.4 Å². The molecule has 1 aliphatic heterocycles. The molecule has 1 amide bonds. The molecule has 0 radical (unpaired) electrons. The van der Waals surface area contributed by atoms with Crippen LogP contribution in [0.3, 0.4) is 0 Å². The molecule has 2 rings (SSSR count). The Labute approximate surface area is 108 Å². The Bertz CT molecular complexity index is 414. The van der Waals surface area contributed by atoms with E-state index >= 15 is 0 Å². The Kier molecular flexibility index (Phi) is 3.59. The number of amides is 1. The summed E-state index contributed by atoms with van der Waals surface area (Å²) in [6, 6.07) is 0. The fourth-order valence-electron chi connectivity index (χ4n) is 2.09. The molecule has 1 fully saturated rings. The molecule has 5 nitrogen and oxygen atoms in total. The molecule has 0 aliphatic carbocycles. The largest absolute Gasteiger partial charge is 0.416 e. The molecule has 0 aromatic carbocycles. The summed E-state index contributed by atoms with van der Waals surface area (Å²) in [6.45, 7) is 7.73. The summed E-state index contributed by atoms with van der Waals surface area (Å²) in [6.07, 6.45) is 6.34. The van der Waals surface area contributed by atoms with E-state index in [1.807, 2.05) is 25.3 Å². The van der Waals surface area contributed by atoms with E-state index in [4.69, 9.17) is 4.74 Å². The molecule has 5 heteroatoms. The van der Waals surface area contributed by atoms with Crippen molar-refractivity contribution in [3.8, 4) is 5.88 Å². The van der Waals surface area contributed by atoms with Gasteiger partial charge < -0.3 is 9.64 Å². The van der Waals surface area contributed by atoms with Crippen molar-refractivity contribution >= 4 is 6.09 Å². The molecule has 0 atom stereocenters. The van der Waals surface area contributed by atoms with Crippen molar-refractivity contribution in [3.63, 3.8) is 0 Å². The van der Waals surface area contributed by atoms with Gasteiger partial charge in [0.05, 0.1) is 12.5 Å². The van der Waals surface area contributed by atoms with Crippen LogP contribution in [0.5, 0.6) is 5.88 Å². The minimum atomic E-state index is -0.263. The van der Waals surface area contributed by atoms with Crippen molar-refractivity contribution in [3.05, 3.63) is 12.5 Å². The molecule has 0 saturated carbocycles. The van der Waals surface area contributed by atoms with E-state index in [1.165, 1.54) is 6.42 Å². The van der Waals surface area contributed by atoms with Crippen LogP contribution in [0.4, 0.5) is 4.79 Å². The van der Waals surface area contributed by atoms with Gasteiger partial charge in [0.2, 0.25) is 5.88 Å². The van der Waals surface area contributed by atoms with Crippen LogP contribution in [0.15, 0.2) is 12.5 Å². The molecule has 1 aliphatic rings. The first-order valence-electron chi connectivity index (χ1n) is 6.48. The summed E-state index contributed by atoms with van der Waals surface area (Å²) < 4.78 is 7.31. The van der Waals surface area contributed by atoms with Gasteiger partial charge in [-0.1, -0.05) is 0 Å². The van der Waals surface area contributed by atoms with E-state index in [0.717, 1.165) is 25.9 Å². The number of likely N-dealkylation sites (tertiary alicyclic amines) is 1. The zero-order chi connectivity index (χ0) is 13.2. The first-order chi connectivity index (χ1) is 8.48. The number of rotatable bonds is 1. The number of carbonyl (C=O) groups excluding carboxylic acids is 1. The second-order valence-corrected chi connectivity index (χ2v) is 5.69. The monoisotopic (exact) mass is 251 g/mol. The number of hydrogen-bond donors (Lipinski definition) is 0. The van der Waals surface area contributed by atoms with Gasteiger partial charge in [-0.2, -0.15) is 0 Å². The van der Waals surface area contributed by atoms with Crippen LogP contribution >= 0.6 is 0 Å². The van der Waals surface area contributed by atoms with Crippen molar-refractivity contribution in [1.29, 1.82) is 0 Å². The lowest BCUT2D eigenvalue weighted by Crippen LogP contribution is -2.38. The Morgan fingerprint density at radius 3 is 2.56 bits per heavy atom. The average molecular weight is 251 g/mol. The molecule has 2 heterocycles. The number of imidazole rings is 1. The van der Waals surface area contributed by atoms with Crippen LogP contribution in [0.1, 0.15) is 40.0 Å². The molecule has 100 valence electrons. The van der Waals surface area contributed by atoms with Crippen molar-refractivity contribution in [1.82, 2.24) is 14.5 Å². The zero-order valence-corrected chi connectivity index (χ0v) is 11.3. The van der Waals surface area contributed by atoms with Crippen molar-refractivity contribution in [2.24, 2.45) is 0 Å². The Morgan fingerprint density at radius 1 is 1.28 bits per heavy atom. The normalized spacial score (nSPS) is 16.7. The third-order valence-electron chi connectivity index (χ3n) is 3.13. The molecule has 1 aromatic rings. The Hall–Kier alpha value is -1.52. The first kappa shape index (κ1) is 12.9. The van der Waals surface area contributed by atoms with Crippen LogP contribution in [0, 0.1) is 0 Å². The Morgan fingerprint density at radius 2 is 1.94 bits per heavy atom. The van der Waals surface area contributed by atoms with Crippen molar-refractivity contribution in [2.45, 2.75) is 45.6 Å². The third kappa shape index (κ3) is 2.83. The lowest BCUT2D eigenvalue weighted by Gasteiger charge is -2.27. The van der Waals surface area contributed by atoms with Gasteiger partial charge in [-0.05, 0) is 40.0 Å². The number of hydrogen-bond acceptors (Lipinski definition) is 3. The average Bonchev–Trinajstić information content (AvgIpc) is 2.78. The predicted octanol–water partition coefficient (Wildman–Crippen LogP) is 2.62. The van der Waals surface area contributed by atoms with Crippen LogP contribution < -0.4 is 4.74 Å². The zero-order valence-electron chi connectivity index (χ0n) is 11.3. The first-order valence-corrected chi connectivity index (χ1v) is 6.48. The van der Waals surface area contributed by atoms with E-state index in [2.05, 4.69) is 4.98 Å². The van der Waals surface area contributed by atoms with E-state index in [0.29, 0.717) is 5.88 Å². The van der Waals surface area contributed by atoms with Gasteiger partial charge in [0.15, 0.2) is 0 Å². The summed E-state index contributed by atoms with van der Waals surface area (Å²) in [4.78, 5) is 17.8. The number of nitrogens with zero attached hydrogens (tertiary/aromatic N) is 3. The summed E-state index contributed by atoms with van der Waals surface area (Å²) in [7, 11) is 0. The predicted molar refractivity (Wildman–Crippen MR) is 68.7 cm³/mol. The van der Waals surface area contributed by atoms with Gasteiger partial charge in [-0.25, -0.2) is 9.78 Å². The number of carbonyl (C=O) groups is 1. The highest BCUT2D eigenvalue weighted by Gasteiger charge is 2.23. The summed E-state index contributed by atoms with van der Waals surface area (Å²) in [5, 5.41) is 0. The maximum atomic E-state index is 12.0. The summed E-state index contributed by atoms with van der Waals surface area (Å²) in [5.41, 5.74) is -0.145. The standard InChI is InChI=1S/C13H21N3O2/c1-13(2,3)16-10-14-9-11(16)18-12(17)15-7-5-4-6-8-15/h9-10H,4-8H2,1-3H3. The number of aromatic nitrogens is 2. The summed E-state index contributed by atoms with van der Waals surface area (Å²) >= 11 is 0. The number of ether oxygens (including phenoxy) is 1. The fraction of sp³-hybridized carbons (Fsp3) is 0.692. The molecular weight excluding hydrogens is 230 g/mol.